The summed E-state index contributed by atoms with van der Waals surface area (Å²) >= 11 is 0. The lowest BCUT2D eigenvalue weighted by atomic mass is 9.61. The first-order chi connectivity index (χ1) is 32.5. The summed E-state index contributed by atoms with van der Waals surface area (Å²) in [4.78, 5) is 7.68. The topological polar surface area (TPSA) is 34.2 Å². The molecular weight excluding hydrogens is 819 g/mol. The molecule has 1 saturated carbocycles. The highest BCUT2D eigenvalue weighted by molar-refractivity contribution is 7.19. The molecule has 11 aromatic rings. The molecule has 2 unspecified atom stereocenters. The fourth-order valence-corrected chi connectivity index (χ4v) is 17.3. The van der Waals surface area contributed by atoms with Crippen molar-refractivity contribution >= 4 is 83.9 Å². The van der Waals surface area contributed by atoms with Gasteiger partial charge < -0.3 is 13.9 Å². The SMILES string of the molecule is CC12CCCCC1(C)N(c1ccc3c(c1)c1c4oc5ccccc5c4c(-c4ccccn4)cc1n3-c1cccc([Si](c3ccccc3)(c3ccccc3)c3ccccc3)c1)c1ccccc12. The summed E-state index contributed by atoms with van der Waals surface area (Å²) in [5, 5.41) is 9.85. The quantitative estimate of drug-likeness (QED) is 0.118. The van der Waals surface area contributed by atoms with Crippen molar-refractivity contribution < 1.29 is 4.42 Å². The van der Waals surface area contributed by atoms with E-state index in [-0.39, 0.29) is 11.0 Å². The average molecular weight is 868 g/mol. The van der Waals surface area contributed by atoms with Crippen molar-refractivity contribution in [3.8, 4) is 16.9 Å². The molecule has 0 saturated heterocycles. The molecule has 2 aliphatic rings. The first kappa shape index (κ1) is 38.9. The highest BCUT2D eigenvalue weighted by Crippen LogP contribution is 2.61. The Balaban J connectivity index is 1.14. The smallest absolute Gasteiger partial charge is 0.179 e. The van der Waals surface area contributed by atoms with Gasteiger partial charge in [-0.25, -0.2) is 0 Å². The Morgan fingerprint density at radius 3 is 1.89 bits per heavy atom. The Hall–Kier alpha value is -7.47. The minimum Gasteiger partial charge on any atom is -0.455 e. The van der Waals surface area contributed by atoms with E-state index >= 15 is 0 Å². The highest BCUT2D eigenvalue weighted by atomic mass is 28.3. The Bertz CT molecular complexity index is 3540. The van der Waals surface area contributed by atoms with Crippen LogP contribution in [-0.4, -0.2) is 23.2 Å². The molecule has 5 heteroatoms. The molecule has 3 aromatic heterocycles. The molecule has 1 fully saturated rings. The number of furan rings is 1. The van der Waals surface area contributed by atoms with Gasteiger partial charge in [0.25, 0.3) is 0 Å². The van der Waals surface area contributed by atoms with Crippen LogP contribution in [0.2, 0.25) is 0 Å². The number of hydrogen-bond donors (Lipinski definition) is 0. The molecule has 0 bridgehead atoms. The normalized spacial score (nSPS) is 18.3. The minimum atomic E-state index is -2.85. The van der Waals surface area contributed by atoms with E-state index in [1.54, 1.807) is 0 Å². The molecule has 1 aliphatic heterocycles. The van der Waals surface area contributed by atoms with Crippen LogP contribution in [0.4, 0.5) is 11.4 Å². The van der Waals surface area contributed by atoms with Crippen LogP contribution in [0.3, 0.4) is 0 Å². The van der Waals surface area contributed by atoms with Crippen molar-refractivity contribution in [1.29, 1.82) is 0 Å². The van der Waals surface area contributed by atoms with Gasteiger partial charge in [0.2, 0.25) is 0 Å². The van der Waals surface area contributed by atoms with E-state index in [2.05, 4.69) is 224 Å². The number of fused-ring (bicyclic) bond motifs is 10. The van der Waals surface area contributed by atoms with Crippen molar-refractivity contribution in [2.45, 2.75) is 50.5 Å². The molecule has 0 radical (unpaired) electrons. The van der Waals surface area contributed by atoms with E-state index in [1.165, 1.54) is 62.3 Å². The maximum absolute atomic E-state index is 7.13. The van der Waals surface area contributed by atoms with Gasteiger partial charge in [0.05, 0.1) is 27.7 Å². The van der Waals surface area contributed by atoms with Crippen LogP contribution in [0.25, 0.3) is 60.7 Å². The predicted molar refractivity (Wildman–Crippen MR) is 278 cm³/mol. The molecular formula is C61H49N3OSi. The lowest BCUT2D eigenvalue weighted by Crippen LogP contribution is -2.74. The second kappa shape index (κ2) is 14.8. The maximum atomic E-state index is 7.13. The van der Waals surface area contributed by atoms with Crippen molar-refractivity contribution in [2.24, 2.45) is 0 Å². The zero-order valence-corrected chi connectivity index (χ0v) is 38.3. The van der Waals surface area contributed by atoms with E-state index in [1.807, 2.05) is 12.3 Å². The number of rotatable bonds is 7. The third kappa shape index (κ3) is 5.41. The Morgan fingerprint density at radius 1 is 0.515 bits per heavy atom. The molecule has 0 amide bonds. The second-order valence-electron chi connectivity index (χ2n) is 18.9. The first-order valence-corrected chi connectivity index (χ1v) is 25.5. The minimum absolute atomic E-state index is 0.0431. The van der Waals surface area contributed by atoms with E-state index in [0.29, 0.717) is 0 Å². The van der Waals surface area contributed by atoms with Crippen LogP contribution in [0.1, 0.15) is 45.1 Å². The summed E-state index contributed by atoms with van der Waals surface area (Å²) in [6.45, 7) is 5.03. The lowest BCUT2D eigenvalue weighted by Gasteiger charge is -2.50. The standard InChI is InChI=1S/C61H49N3OSi/c1-60-36-17-18-37-61(60,2)64(54-32-14-13-30-51(54)60)43-34-35-53-50(40-43)58-55(41-49(52-31-16-19-38-62-52)57-48-29-12-15-33-56(48)65-59(57)58)63(53)42-21-20-28-47(39-42)66(44-22-6-3-7-23-44,45-24-8-4-9-25-45)46-26-10-5-11-27-46/h3-16,19-35,38-41H,17-18,36-37H2,1-2H3. The third-order valence-corrected chi connectivity index (χ3v) is 20.5. The van der Waals surface area contributed by atoms with Crippen molar-refractivity contribution in [2.75, 3.05) is 4.90 Å². The maximum Gasteiger partial charge on any atom is 0.179 e. The number of nitrogens with zero attached hydrogens (tertiary/aromatic N) is 3. The molecule has 4 heterocycles. The van der Waals surface area contributed by atoms with E-state index in [4.69, 9.17) is 9.40 Å². The molecule has 8 aromatic carbocycles. The van der Waals surface area contributed by atoms with Gasteiger partial charge >= 0.3 is 0 Å². The Kier molecular flexibility index (Phi) is 8.72. The molecule has 1 aliphatic carbocycles. The van der Waals surface area contributed by atoms with Gasteiger partial charge in [-0.2, -0.15) is 0 Å². The highest BCUT2D eigenvalue weighted by Gasteiger charge is 2.57. The summed E-state index contributed by atoms with van der Waals surface area (Å²) < 4.78 is 9.63. The number of para-hydroxylation sites is 2. The van der Waals surface area contributed by atoms with Gasteiger partial charge in [0.15, 0.2) is 8.07 Å². The number of benzene rings is 8. The van der Waals surface area contributed by atoms with Gasteiger partial charge in [-0.05, 0) is 107 Å². The van der Waals surface area contributed by atoms with Crippen molar-refractivity contribution in [3.63, 3.8) is 0 Å². The zero-order valence-electron chi connectivity index (χ0n) is 37.3. The van der Waals surface area contributed by atoms with Crippen LogP contribution in [0.15, 0.2) is 217 Å². The van der Waals surface area contributed by atoms with Crippen LogP contribution in [0.5, 0.6) is 0 Å². The first-order valence-electron chi connectivity index (χ1n) is 23.5. The van der Waals surface area contributed by atoms with E-state index in [0.717, 1.165) is 61.7 Å². The van der Waals surface area contributed by atoms with E-state index < -0.39 is 8.07 Å². The molecule has 0 spiro atoms. The number of hydrogen-bond acceptors (Lipinski definition) is 3. The van der Waals surface area contributed by atoms with Crippen molar-refractivity contribution in [3.05, 3.63) is 218 Å². The number of pyridine rings is 1. The summed E-state index contributed by atoms with van der Waals surface area (Å²) in [5.74, 6) is 0. The Labute approximate surface area is 386 Å². The van der Waals surface area contributed by atoms with Gasteiger partial charge in [-0.15, -0.1) is 0 Å². The molecule has 66 heavy (non-hydrogen) atoms. The van der Waals surface area contributed by atoms with Crippen LogP contribution >= 0.6 is 0 Å². The summed E-state index contributed by atoms with van der Waals surface area (Å²) in [6.07, 6.45) is 6.70. The number of anilines is 2. The van der Waals surface area contributed by atoms with Gasteiger partial charge in [0.1, 0.15) is 11.2 Å². The third-order valence-electron chi connectivity index (χ3n) is 15.7. The Morgan fingerprint density at radius 2 is 1.17 bits per heavy atom. The van der Waals surface area contributed by atoms with E-state index in [9.17, 15) is 0 Å². The fourth-order valence-electron chi connectivity index (χ4n) is 12.6. The van der Waals surface area contributed by atoms with Gasteiger partial charge in [0, 0.05) is 50.4 Å². The summed E-state index contributed by atoms with van der Waals surface area (Å²) in [7, 11) is -2.85. The predicted octanol–water partition coefficient (Wildman–Crippen LogP) is 12.9. The monoisotopic (exact) mass is 867 g/mol. The van der Waals surface area contributed by atoms with Crippen LogP contribution < -0.4 is 25.6 Å². The van der Waals surface area contributed by atoms with Crippen LogP contribution in [-0.2, 0) is 5.41 Å². The van der Waals surface area contributed by atoms with Crippen molar-refractivity contribution in [1.82, 2.24) is 9.55 Å². The van der Waals surface area contributed by atoms with Gasteiger partial charge in [-0.3, -0.25) is 4.98 Å². The molecule has 13 rings (SSSR count). The number of aromatic nitrogens is 2. The lowest BCUT2D eigenvalue weighted by molar-refractivity contribution is 0.195. The fraction of sp³-hybridized carbons (Fsp3) is 0.131. The average Bonchev–Trinajstić information content (AvgIpc) is 3.99. The molecule has 0 N–H and O–H groups in total. The summed E-state index contributed by atoms with van der Waals surface area (Å²) in [6, 6.07) is 76.6. The molecule has 318 valence electrons. The largest absolute Gasteiger partial charge is 0.455 e. The zero-order chi connectivity index (χ0) is 44.0. The molecule has 4 nitrogen and oxygen atoms in total. The second-order valence-corrected chi connectivity index (χ2v) is 22.7. The summed E-state index contributed by atoms with van der Waals surface area (Å²) in [5.41, 5.74) is 11.1. The van der Waals surface area contributed by atoms with Crippen LogP contribution in [0, 0.1) is 0 Å². The van der Waals surface area contributed by atoms with Gasteiger partial charge in [-0.1, -0.05) is 165 Å². The molecule has 2 atom stereocenters.